The van der Waals surface area contributed by atoms with E-state index in [1.54, 1.807) is 7.11 Å². The zero-order valence-electron chi connectivity index (χ0n) is 11.8. The van der Waals surface area contributed by atoms with Gasteiger partial charge in [0.25, 0.3) is 0 Å². The average Bonchev–Trinajstić information content (AvgIpc) is 2.88. The highest BCUT2D eigenvalue weighted by Gasteiger charge is 2.22. The first-order valence-electron chi connectivity index (χ1n) is 6.88. The van der Waals surface area contributed by atoms with Crippen molar-refractivity contribution in [1.82, 2.24) is 20.2 Å². The molecular formula is C14H19N5O. The van der Waals surface area contributed by atoms with Gasteiger partial charge in [0.15, 0.2) is 5.82 Å². The molecule has 0 aliphatic heterocycles. The van der Waals surface area contributed by atoms with Gasteiger partial charge in [-0.15, -0.1) is 0 Å². The maximum atomic E-state index is 5.10. The van der Waals surface area contributed by atoms with Gasteiger partial charge >= 0.3 is 0 Å². The molecule has 2 aromatic heterocycles. The lowest BCUT2D eigenvalue weighted by molar-refractivity contribution is 0.177. The van der Waals surface area contributed by atoms with Crippen molar-refractivity contribution in [1.29, 1.82) is 0 Å². The average molecular weight is 273 g/mol. The van der Waals surface area contributed by atoms with Crippen molar-refractivity contribution in [2.75, 3.05) is 12.4 Å². The van der Waals surface area contributed by atoms with Crippen molar-refractivity contribution < 1.29 is 4.74 Å². The SMILES string of the molecule is COCc1nc(C)cc(N[C@@H]2CCCc3cn[nH]c32)n1. The normalized spacial score (nSPS) is 17.8. The van der Waals surface area contributed by atoms with Crippen LogP contribution >= 0.6 is 0 Å². The molecule has 6 nitrogen and oxygen atoms in total. The Morgan fingerprint density at radius 1 is 1.45 bits per heavy atom. The molecule has 3 rings (SSSR count). The minimum atomic E-state index is 0.242. The van der Waals surface area contributed by atoms with E-state index < -0.39 is 0 Å². The fourth-order valence-corrected chi connectivity index (χ4v) is 2.68. The summed E-state index contributed by atoms with van der Waals surface area (Å²) in [5.41, 5.74) is 3.42. The smallest absolute Gasteiger partial charge is 0.156 e. The van der Waals surface area contributed by atoms with Crippen molar-refractivity contribution in [2.24, 2.45) is 0 Å². The van der Waals surface area contributed by atoms with Crippen LogP contribution in [0, 0.1) is 6.92 Å². The minimum Gasteiger partial charge on any atom is -0.377 e. The van der Waals surface area contributed by atoms with Crippen LogP contribution in [0.5, 0.6) is 0 Å². The molecule has 0 aromatic carbocycles. The Morgan fingerprint density at radius 3 is 3.20 bits per heavy atom. The second-order valence-electron chi connectivity index (χ2n) is 5.14. The Morgan fingerprint density at radius 2 is 2.35 bits per heavy atom. The van der Waals surface area contributed by atoms with E-state index in [0.717, 1.165) is 24.4 Å². The Labute approximate surface area is 118 Å². The number of methoxy groups -OCH3 is 1. The lowest BCUT2D eigenvalue weighted by Crippen LogP contribution is -2.18. The Kier molecular flexibility index (Phi) is 3.64. The van der Waals surface area contributed by atoms with E-state index >= 15 is 0 Å². The summed E-state index contributed by atoms with van der Waals surface area (Å²) >= 11 is 0. The van der Waals surface area contributed by atoms with Gasteiger partial charge < -0.3 is 10.1 Å². The van der Waals surface area contributed by atoms with Gasteiger partial charge in [0.1, 0.15) is 12.4 Å². The third-order valence-corrected chi connectivity index (χ3v) is 3.53. The number of fused-ring (bicyclic) bond motifs is 1. The maximum Gasteiger partial charge on any atom is 0.156 e. The number of hydrogen-bond acceptors (Lipinski definition) is 5. The number of nitrogens with zero attached hydrogens (tertiary/aromatic N) is 3. The van der Waals surface area contributed by atoms with Crippen LogP contribution in [-0.2, 0) is 17.8 Å². The van der Waals surface area contributed by atoms with Crippen LogP contribution in [0.25, 0.3) is 0 Å². The van der Waals surface area contributed by atoms with Gasteiger partial charge in [0, 0.05) is 18.9 Å². The van der Waals surface area contributed by atoms with Crippen LogP contribution in [-0.4, -0.2) is 27.3 Å². The van der Waals surface area contributed by atoms with E-state index in [1.807, 2.05) is 19.2 Å². The maximum absolute atomic E-state index is 5.10. The topological polar surface area (TPSA) is 75.7 Å². The predicted molar refractivity (Wildman–Crippen MR) is 75.4 cm³/mol. The number of aromatic amines is 1. The standard InChI is InChI=1S/C14H19N5O/c1-9-6-12(18-13(16-9)8-20-2)17-11-5-3-4-10-7-15-19-14(10)11/h6-7,11H,3-5,8H2,1-2H3,(H,15,19)(H,16,17,18)/t11-/m1/s1. The molecule has 1 atom stereocenters. The first kappa shape index (κ1) is 13.1. The van der Waals surface area contributed by atoms with Crippen LogP contribution in [0.4, 0.5) is 5.82 Å². The fourth-order valence-electron chi connectivity index (χ4n) is 2.68. The zero-order valence-corrected chi connectivity index (χ0v) is 11.8. The summed E-state index contributed by atoms with van der Waals surface area (Å²) in [6, 6.07) is 2.20. The summed E-state index contributed by atoms with van der Waals surface area (Å²) in [6.07, 6.45) is 5.27. The van der Waals surface area contributed by atoms with E-state index in [0.29, 0.717) is 12.4 Å². The van der Waals surface area contributed by atoms with Gasteiger partial charge in [0.05, 0.1) is 17.9 Å². The highest BCUT2D eigenvalue weighted by molar-refractivity contribution is 5.40. The summed E-state index contributed by atoms with van der Waals surface area (Å²) in [4.78, 5) is 8.85. The molecule has 0 bridgehead atoms. The predicted octanol–water partition coefficient (Wildman–Crippen LogP) is 2.14. The molecule has 0 saturated carbocycles. The molecule has 2 aromatic rings. The van der Waals surface area contributed by atoms with Crippen molar-refractivity contribution in [3.63, 3.8) is 0 Å². The first-order valence-corrected chi connectivity index (χ1v) is 6.88. The van der Waals surface area contributed by atoms with Crippen LogP contribution < -0.4 is 5.32 Å². The molecule has 0 unspecified atom stereocenters. The molecule has 106 valence electrons. The molecule has 0 saturated heterocycles. The Hall–Kier alpha value is -1.95. The molecule has 0 radical (unpaired) electrons. The summed E-state index contributed by atoms with van der Waals surface area (Å²) in [5, 5.41) is 10.7. The molecular weight excluding hydrogens is 254 g/mol. The third kappa shape index (κ3) is 2.65. The molecule has 2 N–H and O–H groups in total. The van der Waals surface area contributed by atoms with Gasteiger partial charge in [0.2, 0.25) is 0 Å². The summed E-state index contributed by atoms with van der Waals surface area (Å²) in [6.45, 7) is 2.39. The zero-order chi connectivity index (χ0) is 13.9. The number of rotatable bonds is 4. The number of aryl methyl sites for hydroxylation is 2. The second kappa shape index (κ2) is 5.58. The summed E-state index contributed by atoms with van der Waals surface area (Å²) in [7, 11) is 1.65. The van der Waals surface area contributed by atoms with Crippen LogP contribution in [0.1, 0.15) is 41.7 Å². The van der Waals surface area contributed by atoms with Gasteiger partial charge in [-0.2, -0.15) is 5.10 Å². The molecule has 20 heavy (non-hydrogen) atoms. The van der Waals surface area contributed by atoms with Crippen LogP contribution in [0.15, 0.2) is 12.3 Å². The minimum absolute atomic E-state index is 0.242. The van der Waals surface area contributed by atoms with Crippen LogP contribution in [0.3, 0.4) is 0 Å². The van der Waals surface area contributed by atoms with Crippen molar-refractivity contribution >= 4 is 5.82 Å². The van der Waals surface area contributed by atoms with E-state index in [9.17, 15) is 0 Å². The van der Waals surface area contributed by atoms with Gasteiger partial charge in [-0.05, 0) is 31.7 Å². The monoisotopic (exact) mass is 273 g/mol. The van der Waals surface area contributed by atoms with E-state index in [2.05, 4.69) is 25.5 Å². The fraction of sp³-hybridized carbons (Fsp3) is 0.500. The lowest BCUT2D eigenvalue weighted by Gasteiger charge is -2.23. The first-order chi connectivity index (χ1) is 9.76. The number of aromatic nitrogens is 4. The lowest BCUT2D eigenvalue weighted by atomic mass is 9.94. The van der Waals surface area contributed by atoms with Crippen LogP contribution in [0.2, 0.25) is 0 Å². The third-order valence-electron chi connectivity index (χ3n) is 3.53. The largest absolute Gasteiger partial charge is 0.377 e. The molecule has 0 spiro atoms. The number of ether oxygens (including phenoxy) is 1. The van der Waals surface area contributed by atoms with Crippen molar-refractivity contribution in [3.05, 3.63) is 35.0 Å². The van der Waals surface area contributed by atoms with Crippen molar-refractivity contribution in [2.45, 2.75) is 38.8 Å². The Bertz CT molecular complexity index is 595. The van der Waals surface area contributed by atoms with E-state index in [1.165, 1.54) is 17.7 Å². The summed E-state index contributed by atoms with van der Waals surface area (Å²) in [5.74, 6) is 1.55. The molecule has 0 amide bonds. The number of anilines is 1. The van der Waals surface area contributed by atoms with Gasteiger partial charge in [-0.3, -0.25) is 5.10 Å². The number of H-pyrrole nitrogens is 1. The molecule has 0 fully saturated rings. The van der Waals surface area contributed by atoms with Gasteiger partial charge in [-0.25, -0.2) is 9.97 Å². The second-order valence-corrected chi connectivity index (χ2v) is 5.14. The molecule has 1 aliphatic carbocycles. The molecule has 2 heterocycles. The number of nitrogens with one attached hydrogen (secondary N) is 2. The Balaban J connectivity index is 1.82. The van der Waals surface area contributed by atoms with E-state index in [4.69, 9.17) is 4.74 Å². The highest BCUT2D eigenvalue weighted by atomic mass is 16.5. The van der Waals surface area contributed by atoms with E-state index in [-0.39, 0.29) is 6.04 Å². The highest BCUT2D eigenvalue weighted by Crippen LogP contribution is 2.30. The molecule has 6 heteroatoms. The number of hydrogen-bond donors (Lipinski definition) is 2. The quantitative estimate of drug-likeness (QED) is 0.892. The summed E-state index contributed by atoms with van der Waals surface area (Å²) < 4.78 is 5.10. The van der Waals surface area contributed by atoms with Gasteiger partial charge in [-0.1, -0.05) is 0 Å². The van der Waals surface area contributed by atoms with Crippen molar-refractivity contribution in [3.8, 4) is 0 Å². The molecule has 1 aliphatic rings.